The fourth-order valence-corrected chi connectivity index (χ4v) is 5.92. The maximum Gasteiger partial charge on any atom is 0.247 e. The summed E-state index contributed by atoms with van der Waals surface area (Å²) in [7, 11) is 0. The van der Waals surface area contributed by atoms with Gasteiger partial charge in [-0.1, -0.05) is 39.5 Å². The lowest BCUT2D eigenvalue weighted by Crippen LogP contribution is -2.55. The first-order chi connectivity index (χ1) is 18.9. The third-order valence-electron chi connectivity index (χ3n) is 6.57. The molecule has 8 heteroatoms. The summed E-state index contributed by atoms with van der Waals surface area (Å²) in [5, 5.41) is 17.3. The first-order valence-corrected chi connectivity index (χ1v) is 15.2. The maximum absolute atomic E-state index is 11.5. The van der Waals surface area contributed by atoms with Crippen molar-refractivity contribution in [1.29, 1.82) is 5.26 Å². The molecule has 1 saturated heterocycles. The highest BCUT2D eigenvalue weighted by atomic mass is 32.2. The number of aromatic nitrogens is 1. The summed E-state index contributed by atoms with van der Waals surface area (Å²) in [5.74, 6) is 2.37. The molecule has 7 nitrogen and oxygen atoms in total. The number of rotatable bonds is 7. The minimum atomic E-state index is -0.314. The molecule has 2 unspecified atom stereocenters. The number of benzene rings is 1. The van der Waals surface area contributed by atoms with Crippen LogP contribution in [0, 0.1) is 17.2 Å². The zero-order valence-electron chi connectivity index (χ0n) is 25.1. The summed E-state index contributed by atoms with van der Waals surface area (Å²) >= 11 is 1.64. The van der Waals surface area contributed by atoms with Gasteiger partial charge in [0.1, 0.15) is 16.9 Å². The van der Waals surface area contributed by atoms with Gasteiger partial charge in [0, 0.05) is 48.6 Å². The van der Waals surface area contributed by atoms with Crippen molar-refractivity contribution in [3.63, 3.8) is 0 Å². The normalized spacial score (nSPS) is 19.6. The Morgan fingerprint density at radius 1 is 1.25 bits per heavy atom. The van der Waals surface area contributed by atoms with Crippen LogP contribution in [-0.4, -0.2) is 47.4 Å². The molecule has 2 atom stereocenters. The minimum absolute atomic E-state index is 0.224. The minimum Gasteiger partial charge on any atom is -0.370 e. The van der Waals surface area contributed by atoms with Crippen molar-refractivity contribution in [2.24, 2.45) is 5.92 Å². The smallest absolute Gasteiger partial charge is 0.247 e. The van der Waals surface area contributed by atoms with E-state index in [1.54, 1.807) is 11.8 Å². The lowest BCUT2D eigenvalue weighted by molar-refractivity contribution is -0.111. The second-order valence-corrected chi connectivity index (χ2v) is 13.1. The quantitative estimate of drug-likeness (QED) is 0.310. The molecule has 0 spiro atoms. The Morgan fingerprint density at radius 3 is 2.45 bits per heavy atom. The molecule has 1 fully saturated rings. The highest BCUT2D eigenvalue weighted by Gasteiger charge is 2.34. The van der Waals surface area contributed by atoms with Crippen molar-refractivity contribution < 1.29 is 9.53 Å². The number of piperazine rings is 1. The number of anilines is 2. The lowest BCUT2D eigenvalue weighted by Gasteiger charge is -2.40. The number of amides is 1. The van der Waals surface area contributed by atoms with Gasteiger partial charge in [0.25, 0.3) is 0 Å². The van der Waals surface area contributed by atoms with Crippen LogP contribution in [0.15, 0.2) is 41.9 Å². The molecular formula is C32H45N5O2S. The van der Waals surface area contributed by atoms with Crippen molar-refractivity contribution in [2.45, 2.75) is 90.6 Å². The van der Waals surface area contributed by atoms with Gasteiger partial charge in [-0.2, -0.15) is 5.26 Å². The molecule has 0 aliphatic carbocycles. The predicted molar refractivity (Wildman–Crippen MR) is 166 cm³/mol. The number of hydrogen-bond acceptors (Lipinski definition) is 7. The molecular weight excluding hydrogens is 518 g/mol. The summed E-state index contributed by atoms with van der Waals surface area (Å²) in [5.41, 5.74) is 4.43. The number of pyridine rings is 1. The molecule has 40 heavy (non-hydrogen) atoms. The van der Waals surface area contributed by atoms with Crippen LogP contribution in [0.3, 0.4) is 0 Å². The van der Waals surface area contributed by atoms with Crippen molar-refractivity contribution >= 4 is 29.2 Å². The molecule has 4 rings (SSSR count). The Hall–Kier alpha value is -2.86. The van der Waals surface area contributed by atoms with Gasteiger partial charge in [-0.3, -0.25) is 4.79 Å². The maximum atomic E-state index is 11.5. The van der Waals surface area contributed by atoms with Crippen LogP contribution in [-0.2, 0) is 29.0 Å². The molecule has 2 aliphatic heterocycles. The number of carbonyl (C=O) groups is 1. The largest absolute Gasteiger partial charge is 0.370 e. The van der Waals surface area contributed by atoms with Gasteiger partial charge in [0.15, 0.2) is 0 Å². The number of aryl methyl sites for hydroxylation is 1. The first-order valence-electron chi connectivity index (χ1n) is 14.2. The van der Waals surface area contributed by atoms with Crippen LogP contribution in [0.1, 0.15) is 70.7 Å². The zero-order chi connectivity index (χ0) is 29.4. The summed E-state index contributed by atoms with van der Waals surface area (Å²) in [6, 6.07) is 11.0. The summed E-state index contributed by atoms with van der Waals surface area (Å²) in [6.07, 6.45) is 2.78. The third kappa shape index (κ3) is 8.82. The van der Waals surface area contributed by atoms with E-state index in [-0.39, 0.29) is 11.5 Å². The van der Waals surface area contributed by atoms with E-state index in [9.17, 15) is 10.1 Å². The third-order valence-corrected chi connectivity index (χ3v) is 7.55. The van der Waals surface area contributed by atoms with Gasteiger partial charge in [0.2, 0.25) is 5.91 Å². The fourth-order valence-electron chi connectivity index (χ4n) is 4.92. The Balaban J connectivity index is 0.00000103. The second kappa shape index (κ2) is 14.2. The number of nitrogens with one attached hydrogen (secondary N) is 2. The molecule has 0 bridgehead atoms. The van der Waals surface area contributed by atoms with E-state index in [0.717, 1.165) is 64.4 Å². The second-order valence-electron chi connectivity index (χ2n) is 12.0. The van der Waals surface area contributed by atoms with Gasteiger partial charge in [-0.15, -0.1) is 11.8 Å². The van der Waals surface area contributed by atoms with E-state index >= 15 is 0 Å². The average Bonchev–Trinajstić information content (AvgIpc) is 2.87. The number of nitrogens with zero attached hydrogens (tertiary/aromatic N) is 3. The molecule has 1 amide bonds. The molecule has 1 aromatic heterocycles. The zero-order valence-corrected chi connectivity index (χ0v) is 26.0. The number of nitriles is 1. The topological polar surface area (TPSA) is 90.3 Å². The number of thioether (sulfide) groups is 1. The van der Waals surface area contributed by atoms with Crippen LogP contribution >= 0.6 is 11.8 Å². The number of fused-ring (bicyclic) bond motifs is 1. The van der Waals surface area contributed by atoms with Gasteiger partial charge in [0.05, 0.1) is 17.8 Å². The number of hydrogen-bond donors (Lipinski definition) is 2. The van der Waals surface area contributed by atoms with Crippen molar-refractivity contribution in [1.82, 2.24) is 10.3 Å². The van der Waals surface area contributed by atoms with Crippen LogP contribution in [0.25, 0.3) is 0 Å². The van der Waals surface area contributed by atoms with Crippen molar-refractivity contribution in [3.8, 4) is 6.07 Å². The molecule has 2 N–H and O–H groups in total. The highest BCUT2D eigenvalue weighted by molar-refractivity contribution is 7.99. The summed E-state index contributed by atoms with van der Waals surface area (Å²) < 4.78 is 6.17. The Bertz CT molecular complexity index is 1210. The average molecular weight is 564 g/mol. The Kier molecular flexibility index (Phi) is 11.2. The van der Waals surface area contributed by atoms with E-state index in [2.05, 4.69) is 76.6 Å². The van der Waals surface area contributed by atoms with Crippen LogP contribution in [0.4, 0.5) is 11.5 Å². The van der Waals surface area contributed by atoms with E-state index in [1.807, 2.05) is 24.3 Å². The SMILES string of the molecule is C=CC(=O)Nc1ccc(CCSc2nc(N3CC(C)NC(C)C3)c3c(c2C#N)CC(C)(C)OC3)cc1.CC(C)C. The monoisotopic (exact) mass is 563 g/mol. The van der Waals surface area contributed by atoms with Gasteiger partial charge >= 0.3 is 0 Å². The molecule has 0 radical (unpaired) electrons. The molecule has 3 heterocycles. The Morgan fingerprint density at radius 2 is 1.88 bits per heavy atom. The fraction of sp³-hybridized carbons (Fsp3) is 0.531. The number of carbonyl (C=O) groups excluding carboxylic acids is 1. The van der Waals surface area contributed by atoms with Crippen LogP contribution in [0.2, 0.25) is 0 Å². The summed E-state index contributed by atoms with van der Waals surface area (Å²) in [6.45, 7) is 20.8. The van der Waals surface area contributed by atoms with Crippen LogP contribution < -0.4 is 15.5 Å². The van der Waals surface area contributed by atoms with E-state index in [1.165, 1.54) is 6.08 Å². The predicted octanol–water partition coefficient (Wildman–Crippen LogP) is 6.11. The van der Waals surface area contributed by atoms with E-state index < -0.39 is 0 Å². The van der Waals surface area contributed by atoms with Crippen molar-refractivity contribution in [2.75, 3.05) is 29.1 Å². The summed E-state index contributed by atoms with van der Waals surface area (Å²) in [4.78, 5) is 18.9. The highest BCUT2D eigenvalue weighted by Crippen LogP contribution is 2.39. The Labute approximate surface area is 244 Å². The lowest BCUT2D eigenvalue weighted by atomic mass is 9.89. The molecule has 1 aromatic carbocycles. The molecule has 216 valence electrons. The first kappa shape index (κ1) is 31.7. The molecule has 2 aliphatic rings. The van der Waals surface area contributed by atoms with E-state index in [0.29, 0.717) is 30.7 Å². The van der Waals surface area contributed by atoms with Gasteiger partial charge < -0.3 is 20.3 Å². The molecule has 2 aromatic rings. The number of ether oxygens (including phenoxy) is 1. The van der Waals surface area contributed by atoms with Gasteiger partial charge in [-0.25, -0.2) is 4.98 Å². The molecule has 0 saturated carbocycles. The standard InChI is InChI=1S/C28H35N5O2S.C4H10/c1-6-25(34)31-21-9-7-20(8-10-21)11-12-36-27-23(14-29)22-13-28(4,5)35-17-24(22)26(32-27)33-15-18(2)30-19(3)16-33;1-4(2)3/h6-10,18-19,30H,1,11-13,15-17H2,2-5H3,(H,31,34);4H,1-3H3. The van der Waals surface area contributed by atoms with Crippen molar-refractivity contribution in [3.05, 3.63) is 59.2 Å². The van der Waals surface area contributed by atoms with Gasteiger partial charge in [-0.05, 0) is 69.4 Å². The van der Waals surface area contributed by atoms with E-state index in [4.69, 9.17) is 9.72 Å². The van der Waals surface area contributed by atoms with Crippen LogP contribution in [0.5, 0.6) is 0 Å².